The van der Waals surface area contributed by atoms with Crippen molar-refractivity contribution in [2.75, 3.05) is 33.4 Å². The molecule has 0 aromatic rings. The predicted molar refractivity (Wildman–Crippen MR) is 54.8 cm³/mol. The fourth-order valence-electron chi connectivity index (χ4n) is 1.76. The molecular weight excluding hydrogens is 198 g/mol. The summed E-state index contributed by atoms with van der Waals surface area (Å²) >= 11 is 0. The topological polar surface area (TPSA) is 87.8 Å². The van der Waals surface area contributed by atoms with E-state index in [0.717, 1.165) is 0 Å². The van der Waals surface area contributed by atoms with Crippen molar-refractivity contribution < 1.29 is 14.6 Å². The Morgan fingerprint density at radius 3 is 2.73 bits per heavy atom. The van der Waals surface area contributed by atoms with Crippen molar-refractivity contribution in [3.63, 3.8) is 0 Å². The highest BCUT2D eigenvalue weighted by Gasteiger charge is 2.31. The summed E-state index contributed by atoms with van der Waals surface area (Å²) in [7, 11) is 1.78. The number of nitrogens with one attached hydrogen (secondary N) is 1. The van der Waals surface area contributed by atoms with Gasteiger partial charge in [-0.05, 0) is 7.05 Å². The minimum Gasteiger partial charge on any atom is -0.388 e. The summed E-state index contributed by atoms with van der Waals surface area (Å²) in [6, 6.07) is 0. The third-order valence-corrected chi connectivity index (χ3v) is 2.56. The number of rotatable bonds is 4. The molecule has 1 rings (SSSR count). The van der Waals surface area contributed by atoms with Crippen LogP contribution in [0.25, 0.3) is 0 Å². The van der Waals surface area contributed by atoms with Crippen LogP contribution in [-0.4, -0.2) is 54.9 Å². The summed E-state index contributed by atoms with van der Waals surface area (Å²) in [4.78, 5) is 12.7. The lowest BCUT2D eigenvalue weighted by Crippen LogP contribution is -2.48. The highest BCUT2D eigenvalue weighted by atomic mass is 16.5. The van der Waals surface area contributed by atoms with Crippen LogP contribution in [-0.2, 0) is 9.53 Å². The van der Waals surface area contributed by atoms with Gasteiger partial charge in [-0.15, -0.1) is 0 Å². The molecule has 1 heterocycles. The van der Waals surface area contributed by atoms with Crippen LogP contribution in [0, 0.1) is 0 Å². The van der Waals surface area contributed by atoms with Crippen LogP contribution >= 0.6 is 0 Å². The molecule has 0 unspecified atom stereocenters. The minimum absolute atomic E-state index is 0.194. The Balaban J connectivity index is 2.35. The molecule has 15 heavy (non-hydrogen) atoms. The van der Waals surface area contributed by atoms with E-state index < -0.39 is 5.60 Å². The minimum atomic E-state index is -0.734. The Morgan fingerprint density at radius 2 is 2.20 bits per heavy atom. The highest BCUT2D eigenvalue weighted by molar-refractivity contribution is 5.77. The molecule has 0 aromatic heterocycles. The van der Waals surface area contributed by atoms with Crippen LogP contribution in [0.4, 0.5) is 0 Å². The van der Waals surface area contributed by atoms with Gasteiger partial charge in [-0.3, -0.25) is 15.1 Å². The summed E-state index contributed by atoms with van der Waals surface area (Å²) in [6.07, 6.45) is 1.23. The van der Waals surface area contributed by atoms with E-state index in [2.05, 4.69) is 5.43 Å². The van der Waals surface area contributed by atoms with E-state index in [4.69, 9.17) is 10.6 Å². The number of aliphatic hydroxyl groups is 1. The quantitative estimate of drug-likeness (QED) is 0.301. The molecule has 0 spiro atoms. The number of nitrogens with two attached hydrogens (primary N) is 1. The average Bonchev–Trinajstić information content (AvgIpc) is 2.17. The first-order valence-corrected chi connectivity index (χ1v) is 5.04. The van der Waals surface area contributed by atoms with Crippen molar-refractivity contribution >= 4 is 5.91 Å². The van der Waals surface area contributed by atoms with Gasteiger partial charge in [0.05, 0.1) is 12.1 Å². The smallest absolute Gasteiger partial charge is 0.248 e. The number of hydrogen-bond donors (Lipinski definition) is 3. The van der Waals surface area contributed by atoms with Crippen molar-refractivity contribution in [2.24, 2.45) is 5.84 Å². The summed E-state index contributed by atoms with van der Waals surface area (Å²) in [5.74, 6) is 4.72. The molecule has 0 bridgehead atoms. The monoisotopic (exact) mass is 217 g/mol. The Hall–Kier alpha value is -0.690. The molecular formula is C9H19N3O3. The van der Waals surface area contributed by atoms with Gasteiger partial charge in [0, 0.05) is 32.6 Å². The van der Waals surface area contributed by atoms with E-state index in [9.17, 15) is 9.90 Å². The maximum Gasteiger partial charge on any atom is 0.248 e. The summed E-state index contributed by atoms with van der Waals surface area (Å²) in [5, 5.41) is 10.1. The Morgan fingerprint density at radius 1 is 1.60 bits per heavy atom. The molecule has 0 aliphatic carbocycles. The van der Waals surface area contributed by atoms with Gasteiger partial charge in [0.15, 0.2) is 0 Å². The standard InChI is InChI=1S/C9H19N3O3/c1-12(6-8(13)11-10)7-9(14)2-4-15-5-3-9/h14H,2-7,10H2,1H3,(H,11,13). The number of amides is 1. The lowest BCUT2D eigenvalue weighted by Gasteiger charge is -2.35. The third-order valence-electron chi connectivity index (χ3n) is 2.56. The molecule has 0 aromatic carbocycles. The molecule has 0 atom stereocenters. The Kier molecular flexibility index (Phi) is 4.46. The molecule has 1 fully saturated rings. The lowest BCUT2D eigenvalue weighted by atomic mass is 9.94. The number of carbonyl (C=O) groups is 1. The number of hydrazine groups is 1. The third kappa shape index (κ3) is 4.13. The molecule has 6 nitrogen and oxygen atoms in total. The lowest BCUT2D eigenvalue weighted by molar-refractivity contribution is -0.123. The number of ether oxygens (including phenoxy) is 1. The van der Waals surface area contributed by atoms with Crippen molar-refractivity contribution in [1.82, 2.24) is 10.3 Å². The highest BCUT2D eigenvalue weighted by Crippen LogP contribution is 2.20. The van der Waals surface area contributed by atoms with E-state index in [1.54, 1.807) is 11.9 Å². The van der Waals surface area contributed by atoms with E-state index in [1.165, 1.54) is 0 Å². The fourth-order valence-corrected chi connectivity index (χ4v) is 1.76. The van der Waals surface area contributed by atoms with Crippen LogP contribution < -0.4 is 11.3 Å². The first-order chi connectivity index (χ1) is 7.06. The molecule has 1 aliphatic heterocycles. The number of nitrogens with zero attached hydrogens (tertiary/aromatic N) is 1. The molecule has 1 saturated heterocycles. The maximum absolute atomic E-state index is 11.0. The summed E-state index contributed by atoms with van der Waals surface area (Å²) in [5.41, 5.74) is 1.32. The van der Waals surface area contributed by atoms with Gasteiger partial charge in [-0.1, -0.05) is 0 Å². The van der Waals surface area contributed by atoms with Gasteiger partial charge in [0.2, 0.25) is 5.91 Å². The number of hydrogen-bond acceptors (Lipinski definition) is 5. The van der Waals surface area contributed by atoms with E-state index in [0.29, 0.717) is 32.6 Å². The number of carbonyl (C=O) groups excluding carboxylic acids is 1. The van der Waals surface area contributed by atoms with Gasteiger partial charge < -0.3 is 9.84 Å². The zero-order valence-electron chi connectivity index (χ0n) is 9.03. The van der Waals surface area contributed by atoms with Crippen LogP contribution in [0.3, 0.4) is 0 Å². The van der Waals surface area contributed by atoms with Crippen LogP contribution in [0.2, 0.25) is 0 Å². The average molecular weight is 217 g/mol. The van der Waals surface area contributed by atoms with Gasteiger partial charge >= 0.3 is 0 Å². The second-order valence-electron chi connectivity index (χ2n) is 4.08. The van der Waals surface area contributed by atoms with Gasteiger partial charge in [0.1, 0.15) is 0 Å². The molecule has 1 amide bonds. The fraction of sp³-hybridized carbons (Fsp3) is 0.889. The second-order valence-corrected chi connectivity index (χ2v) is 4.08. The van der Waals surface area contributed by atoms with Crippen molar-refractivity contribution in [2.45, 2.75) is 18.4 Å². The molecule has 1 aliphatic rings. The zero-order chi connectivity index (χ0) is 11.3. The predicted octanol–water partition coefficient (Wildman–Crippen LogP) is -1.55. The molecule has 6 heteroatoms. The van der Waals surface area contributed by atoms with Gasteiger partial charge in [-0.25, -0.2) is 5.84 Å². The first kappa shape index (κ1) is 12.4. The van der Waals surface area contributed by atoms with Crippen molar-refractivity contribution in [1.29, 1.82) is 0 Å². The largest absolute Gasteiger partial charge is 0.388 e. The van der Waals surface area contributed by atoms with Gasteiger partial charge in [-0.2, -0.15) is 0 Å². The Bertz CT molecular complexity index is 217. The van der Waals surface area contributed by atoms with Crippen LogP contribution in [0.5, 0.6) is 0 Å². The van der Waals surface area contributed by atoms with E-state index >= 15 is 0 Å². The summed E-state index contributed by atoms with van der Waals surface area (Å²) < 4.78 is 5.17. The van der Waals surface area contributed by atoms with Crippen LogP contribution in [0.15, 0.2) is 0 Å². The maximum atomic E-state index is 11.0. The molecule has 4 N–H and O–H groups in total. The van der Waals surface area contributed by atoms with Crippen molar-refractivity contribution in [3.05, 3.63) is 0 Å². The van der Waals surface area contributed by atoms with E-state index in [1.807, 2.05) is 0 Å². The second kappa shape index (κ2) is 5.41. The zero-order valence-corrected chi connectivity index (χ0v) is 9.03. The summed E-state index contributed by atoms with van der Waals surface area (Å²) in [6.45, 7) is 1.81. The normalized spacial score (nSPS) is 20.3. The van der Waals surface area contributed by atoms with Crippen LogP contribution in [0.1, 0.15) is 12.8 Å². The molecule has 0 radical (unpaired) electrons. The number of likely N-dealkylation sites (N-methyl/N-ethyl adjacent to an activating group) is 1. The molecule has 88 valence electrons. The first-order valence-electron chi connectivity index (χ1n) is 5.04. The van der Waals surface area contributed by atoms with E-state index in [-0.39, 0.29) is 12.5 Å². The Labute approximate surface area is 89.3 Å². The molecule has 0 saturated carbocycles. The SMILES string of the molecule is CN(CC(=O)NN)CC1(O)CCOCC1. The van der Waals surface area contributed by atoms with Gasteiger partial charge in [0.25, 0.3) is 0 Å². The van der Waals surface area contributed by atoms with Crippen molar-refractivity contribution in [3.8, 4) is 0 Å².